The topological polar surface area (TPSA) is 86.3 Å². The van der Waals surface area contributed by atoms with Crippen molar-refractivity contribution < 1.29 is 9.85 Å². The number of benzene rings is 1. The Morgan fingerprint density at radius 1 is 1.06 bits per heavy atom. The van der Waals surface area contributed by atoms with Crippen molar-refractivity contribution >= 4 is 23.0 Å². The average molecular weight is 259 g/mol. The summed E-state index contributed by atoms with van der Waals surface area (Å²) in [6.45, 7) is 5.43. The van der Waals surface area contributed by atoms with Gasteiger partial charge in [-0.15, -0.1) is 0 Å². The van der Waals surface area contributed by atoms with Crippen LogP contribution in [0.1, 0.15) is 26.3 Å². The molecular weight excluding hydrogens is 248 g/mol. The number of rotatable bonds is 2. The minimum atomic E-state index is -0.718. The Morgan fingerprint density at radius 3 is 1.65 bits per heavy atom. The highest BCUT2D eigenvalue weighted by molar-refractivity contribution is 6.34. The Kier molecular flexibility index (Phi) is 3.38. The summed E-state index contributed by atoms with van der Waals surface area (Å²) < 4.78 is 0. The zero-order valence-corrected chi connectivity index (χ0v) is 10.3. The maximum absolute atomic E-state index is 10.8. The first kappa shape index (κ1) is 13.4. The van der Waals surface area contributed by atoms with Gasteiger partial charge in [0, 0.05) is 12.1 Å². The van der Waals surface area contributed by atoms with Crippen molar-refractivity contribution in [2.75, 3.05) is 0 Å². The lowest BCUT2D eigenvalue weighted by molar-refractivity contribution is -0.394. The van der Waals surface area contributed by atoms with Gasteiger partial charge in [0.05, 0.1) is 9.85 Å². The first-order valence-corrected chi connectivity index (χ1v) is 5.15. The Hall–Kier alpha value is -1.69. The summed E-state index contributed by atoms with van der Waals surface area (Å²) in [5.41, 5.74) is -0.808. The molecule has 0 radical (unpaired) electrons. The van der Waals surface area contributed by atoms with Gasteiger partial charge in [0.25, 0.3) is 11.4 Å². The van der Waals surface area contributed by atoms with Crippen LogP contribution in [-0.4, -0.2) is 9.85 Å². The quantitative estimate of drug-likeness (QED) is 0.600. The number of nitrogens with zero attached hydrogens (tertiary/aromatic N) is 2. The Bertz CT molecular complexity index is 459. The molecule has 0 aliphatic heterocycles. The van der Waals surface area contributed by atoms with Gasteiger partial charge in [-0.1, -0.05) is 32.4 Å². The summed E-state index contributed by atoms with van der Waals surface area (Å²) in [5, 5.41) is 21.1. The zero-order chi connectivity index (χ0) is 13.4. The van der Waals surface area contributed by atoms with Crippen molar-refractivity contribution in [3.8, 4) is 0 Å². The van der Waals surface area contributed by atoms with E-state index in [1.807, 2.05) is 20.8 Å². The van der Waals surface area contributed by atoms with Gasteiger partial charge in [-0.25, -0.2) is 0 Å². The van der Waals surface area contributed by atoms with Gasteiger partial charge >= 0.3 is 0 Å². The molecule has 0 unspecified atom stereocenters. The molecule has 0 spiro atoms. The van der Waals surface area contributed by atoms with Gasteiger partial charge in [-0.05, 0) is 11.0 Å². The van der Waals surface area contributed by atoms with Gasteiger partial charge < -0.3 is 0 Å². The largest absolute Gasteiger partial charge is 0.295 e. The van der Waals surface area contributed by atoms with Crippen molar-refractivity contribution in [2.24, 2.45) is 0 Å². The number of nitro benzene ring substituents is 2. The van der Waals surface area contributed by atoms with E-state index in [9.17, 15) is 20.2 Å². The fourth-order valence-corrected chi connectivity index (χ4v) is 1.54. The van der Waals surface area contributed by atoms with Gasteiger partial charge in [-0.3, -0.25) is 20.2 Å². The van der Waals surface area contributed by atoms with E-state index in [-0.39, 0.29) is 0 Å². The van der Waals surface area contributed by atoms with Crippen molar-refractivity contribution in [3.05, 3.63) is 42.9 Å². The van der Waals surface area contributed by atoms with Crippen LogP contribution in [0, 0.1) is 20.2 Å². The standard InChI is InChI=1S/C10H11ClN2O4/c1-10(2,3)6-4-7(12(14)15)9(11)8(5-6)13(16)17/h4-5H,1-3H3. The van der Waals surface area contributed by atoms with Crippen molar-refractivity contribution in [1.82, 2.24) is 0 Å². The molecule has 0 saturated carbocycles. The van der Waals surface area contributed by atoms with Crippen molar-refractivity contribution in [3.63, 3.8) is 0 Å². The van der Waals surface area contributed by atoms with Crippen LogP contribution < -0.4 is 0 Å². The molecule has 0 aliphatic rings. The minimum Gasteiger partial charge on any atom is -0.258 e. The molecule has 0 saturated heterocycles. The average Bonchev–Trinajstić information content (AvgIpc) is 2.14. The van der Waals surface area contributed by atoms with Gasteiger partial charge in [0.15, 0.2) is 5.02 Å². The smallest absolute Gasteiger partial charge is 0.258 e. The van der Waals surface area contributed by atoms with Gasteiger partial charge in [0.1, 0.15) is 0 Å². The van der Waals surface area contributed by atoms with Crippen LogP contribution in [0.5, 0.6) is 0 Å². The van der Waals surface area contributed by atoms with Crippen LogP contribution in [0.3, 0.4) is 0 Å². The van der Waals surface area contributed by atoms with Crippen LogP contribution in [0.2, 0.25) is 5.02 Å². The summed E-state index contributed by atoms with van der Waals surface area (Å²) in [4.78, 5) is 20.1. The third-order valence-corrected chi connectivity index (χ3v) is 2.68. The van der Waals surface area contributed by atoms with Crippen molar-refractivity contribution in [2.45, 2.75) is 26.2 Å². The number of hydrogen-bond acceptors (Lipinski definition) is 4. The maximum Gasteiger partial charge on any atom is 0.295 e. The molecule has 1 aromatic carbocycles. The fraction of sp³-hybridized carbons (Fsp3) is 0.400. The predicted molar refractivity (Wildman–Crippen MR) is 63.5 cm³/mol. The third kappa shape index (κ3) is 2.71. The SMILES string of the molecule is CC(C)(C)c1cc([N+](=O)[O-])c(Cl)c([N+](=O)[O-])c1. The van der Waals surface area contributed by atoms with Crippen molar-refractivity contribution in [1.29, 1.82) is 0 Å². The molecule has 6 nitrogen and oxygen atoms in total. The Morgan fingerprint density at radius 2 is 1.41 bits per heavy atom. The van der Waals surface area contributed by atoms with E-state index in [1.54, 1.807) is 0 Å². The molecule has 92 valence electrons. The minimum absolute atomic E-state index is 0.430. The summed E-state index contributed by atoms with van der Waals surface area (Å²) in [7, 11) is 0. The lowest BCUT2D eigenvalue weighted by Crippen LogP contribution is -2.12. The van der Waals surface area contributed by atoms with E-state index in [0.717, 1.165) is 0 Å². The second-order valence-corrected chi connectivity index (χ2v) is 4.97. The molecule has 0 atom stereocenters. The molecule has 17 heavy (non-hydrogen) atoms. The lowest BCUT2D eigenvalue weighted by atomic mass is 9.86. The highest BCUT2D eigenvalue weighted by Crippen LogP contribution is 2.38. The number of nitro groups is 2. The second-order valence-electron chi connectivity index (χ2n) is 4.59. The molecule has 0 N–H and O–H groups in total. The second kappa shape index (κ2) is 4.29. The maximum atomic E-state index is 10.8. The van der Waals surface area contributed by atoms with Crippen LogP contribution >= 0.6 is 11.6 Å². The molecule has 0 heterocycles. The summed E-state index contributed by atoms with van der Waals surface area (Å²) in [5.74, 6) is 0. The highest BCUT2D eigenvalue weighted by atomic mass is 35.5. The Labute approximate surface area is 103 Å². The van der Waals surface area contributed by atoms with E-state index in [4.69, 9.17) is 11.6 Å². The Balaban J connectivity index is 3.59. The first-order valence-electron chi connectivity index (χ1n) is 4.77. The summed E-state index contributed by atoms with van der Waals surface area (Å²) in [6, 6.07) is 2.55. The summed E-state index contributed by atoms with van der Waals surface area (Å²) >= 11 is 5.64. The van der Waals surface area contributed by atoms with E-state index in [2.05, 4.69) is 0 Å². The van der Waals surface area contributed by atoms with E-state index >= 15 is 0 Å². The molecule has 0 fully saturated rings. The van der Waals surface area contributed by atoms with E-state index in [0.29, 0.717) is 5.56 Å². The molecule has 1 rings (SSSR count). The van der Waals surface area contributed by atoms with Gasteiger partial charge in [-0.2, -0.15) is 0 Å². The zero-order valence-electron chi connectivity index (χ0n) is 9.56. The molecule has 0 amide bonds. The number of halogens is 1. The molecule has 1 aromatic rings. The number of hydrogen-bond donors (Lipinski definition) is 0. The normalized spacial score (nSPS) is 11.3. The summed E-state index contributed by atoms with van der Waals surface area (Å²) in [6.07, 6.45) is 0. The van der Waals surface area contributed by atoms with E-state index in [1.165, 1.54) is 12.1 Å². The lowest BCUT2D eigenvalue weighted by Gasteiger charge is -2.18. The first-order chi connectivity index (χ1) is 7.64. The van der Waals surface area contributed by atoms with Crippen LogP contribution in [0.15, 0.2) is 12.1 Å². The highest BCUT2D eigenvalue weighted by Gasteiger charge is 2.28. The van der Waals surface area contributed by atoms with Crippen LogP contribution in [0.25, 0.3) is 0 Å². The van der Waals surface area contributed by atoms with E-state index < -0.39 is 31.7 Å². The molecule has 0 bridgehead atoms. The van der Waals surface area contributed by atoms with Gasteiger partial charge in [0.2, 0.25) is 0 Å². The third-order valence-electron chi connectivity index (χ3n) is 2.29. The molecule has 7 heteroatoms. The van der Waals surface area contributed by atoms with Crippen LogP contribution in [0.4, 0.5) is 11.4 Å². The molecular formula is C10H11ClN2O4. The molecule has 0 aromatic heterocycles. The predicted octanol–water partition coefficient (Wildman–Crippen LogP) is 3.45. The fourth-order valence-electron chi connectivity index (χ4n) is 1.29. The molecule has 0 aliphatic carbocycles. The van der Waals surface area contributed by atoms with Crippen LogP contribution in [-0.2, 0) is 5.41 Å². The monoisotopic (exact) mass is 258 g/mol.